The van der Waals surface area contributed by atoms with E-state index in [-0.39, 0.29) is 12.6 Å². The van der Waals surface area contributed by atoms with Crippen LogP contribution in [0, 0.1) is 6.92 Å². The molecule has 1 amide bonds. The highest BCUT2D eigenvalue weighted by atomic mass is 35.5. The van der Waals surface area contributed by atoms with E-state index in [4.69, 9.17) is 38.4 Å². The number of amides is 1. The van der Waals surface area contributed by atoms with Crippen molar-refractivity contribution in [2.24, 2.45) is 5.73 Å². The molecule has 1 unspecified atom stereocenters. The van der Waals surface area contributed by atoms with Crippen molar-refractivity contribution in [3.05, 3.63) is 51.5 Å². The van der Waals surface area contributed by atoms with Crippen LogP contribution in [0.3, 0.4) is 0 Å². The lowest BCUT2D eigenvalue weighted by Crippen LogP contribution is -2.27. The molecule has 144 valence electrons. The van der Waals surface area contributed by atoms with Gasteiger partial charge in [-0.3, -0.25) is 4.90 Å². The molecule has 0 saturated carbocycles. The number of aryl methyl sites for hydroxylation is 1. The first-order valence-corrected chi connectivity index (χ1v) is 9.51. The molecule has 1 saturated heterocycles. The molecule has 1 heterocycles. The third-order valence-electron chi connectivity index (χ3n) is 4.52. The number of cyclic esters (lactones) is 1. The van der Waals surface area contributed by atoms with Gasteiger partial charge in [0.1, 0.15) is 11.9 Å². The van der Waals surface area contributed by atoms with Crippen LogP contribution in [0.5, 0.6) is 11.5 Å². The topological polar surface area (TPSA) is 64.8 Å². The van der Waals surface area contributed by atoms with Crippen LogP contribution < -0.4 is 15.4 Å². The fourth-order valence-corrected chi connectivity index (χ4v) is 3.63. The van der Waals surface area contributed by atoms with Crippen molar-refractivity contribution in [3.8, 4) is 11.5 Å². The standard InChI is InChI=1S/C20H22Cl2N2O3/c1-11(2)16-8-14(5-4-12(16)3)26-19-17(21)6-13(7-18(19)22)24-10-15(9-23)27-20(24)25/h4-8,11,15H,9-10,23H2,1-3H3. The summed E-state index contributed by atoms with van der Waals surface area (Å²) in [7, 11) is 0. The lowest BCUT2D eigenvalue weighted by molar-refractivity contribution is 0.145. The number of nitrogens with two attached hydrogens (primary N) is 1. The smallest absolute Gasteiger partial charge is 0.414 e. The molecule has 1 aliphatic rings. The quantitative estimate of drug-likeness (QED) is 0.708. The number of carbonyl (C=O) groups is 1. The predicted molar refractivity (Wildman–Crippen MR) is 108 cm³/mol. The van der Waals surface area contributed by atoms with Crippen LogP contribution in [0.1, 0.15) is 30.9 Å². The summed E-state index contributed by atoms with van der Waals surface area (Å²) in [4.78, 5) is 13.5. The number of anilines is 1. The van der Waals surface area contributed by atoms with Gasteiger partial charge in [0.2, 0.25) is 0 Å². The van der Waals surface area contributed by atoms with Gasteiger partial charge in [-0.1, -0.05) is 43.1 Å². The summed E-state index contributed by atoms with van der Waals surface area (Å²) in [6, 6.07) is 9.16. The van der Waals surface area contributed by atoms with Crippen molar-refractivity contribution in [1.82, 2.24) is 0 Å². The summed E-state index contributed by atoms with van der Waals surface area (Å²) < 4.78 is 11.1. The van der Waals surface area contributed by atoms with Crippen molar-refractivity contribution >= 4 is 35.0 Å². The average Bonchev–Trinajstić information content (AvgIpc) is 3.00. The first-order valence-electron chi connectivity index (χ1n) is 8.75. The minimum Gasteiger partial charge on any atom is -0.454 e. The zero-order valence-electron chi connectivity index (χ0n) is 15.5. The molecule has 1 fully saturated rings. The maximum atomic E-state index is 12.0. The number of rotatable bonds is 5. The van der Waals surface area contributed by atoms with Crippen LogP contribution in [0.4, 0.5) is 10.5 Å². The van der Waals surface area contributed by atoms with Gasteiger partial charge in [-0.05, 0) is 48.2 Å². The summed E-state index contributed by atoms with van der Waals surface area (Å²) in [6.07, 6.45) is -0.806. The predicted octanol–water partition coefficient (Wildman–Crippen LogP) is 5.50. The summed E-state index contributed by atoms with van der Waals surface area (Å²) in [5.74, 6) is 1.38. The Morgan fingerprint density at radius 2 is 1.93 bits per heavy atom. The SMILES string of the molecule is Cc1ccc(Oc2c(Cl)cc(N3CC(CN)OC3=O)cc2Cl)cc1C(C)C. The normalized spacial score (nSPS) is 16.8. The summed E-state index contributed by atoms with van der Waals surface area (Å²) in [5, 5.41) is 0.626. The first-order chi connectivity index (χ1) is 12.8. The van der Waals surface area contributed by atoms with E-state index in [0.717, 1.165) is 0 Å². The van der Waals surface area contributed by atoms with Crippen molar-refractivity contribution in [2.45, 2.75) is 32.8 Å². The molecule has 7 heteroatoms. The molecule has 1 atom stereocenters. The van der Waals surface area contributed by atoms with Crippen molar-refractivity contribution in [1.29, 1.82) is 0 Å². The van der Waals surface area contributed by atoms with Crippen molar-refractivity contribution in [2.75, 3.05) is 18.0 Å². The number of benzene rings is 2. The summed E-state index contributed by atoms with van der Waals surface area (Å²) in [6.45, 7) is 6.95. The zero-order chi connectivity index (χ0) is 19.7. The van der Waals surface area contributed by atoms with Gasteiger partial charge in [0.25, 0.3) is 0 Å². The number of carbonyl (C=O) groups excluding carboxylic acids is 1. The van der Waals surface area contributed by atoms with Gasteiger partial charge in [-0.25, -0.2) is 4.79 Å². The number of nitrogens with zero attached hydrogens (tertiary/aromatic N) is 1. The van der Waals surface area contributed by atoms with E-state index in [9.17, 15) is 4.79 Å². The number of halogens is 2. The van der Waals surface area contributed by atoms with Crippen molar-refractivity contribution in [3.63, 3.8) is 0 Å². The summed E-state index contributed by atoms with van der Waals surface area (Å²) in [5.41, 5.74) is 8.52. The molecule has 2 N–H and O–H groups in total. The minimum atomic E-state index is -0.466. The molecule has 27 heavy (non-hydrogen) atoms. The summed E-state index contributed by atoms with van der Waals surface area (Å²) >= 11 is 12.8. The maximum Gasteiger partial charge on any atom is 0.414 e. The molecule has 1 aliphatic heterocycles. The van der Waals surface area contributed by atoms with E-state index in [1.807, 2.05) is 18.2 Å². The largest absolute Gasteiger partial charge is 0.454 e. The Hall–Kier alpha value is -1.95. The Morgan fingerprint density at radius 1 is 1.26 bits per heavy atom. The number of ether oxygens (including phenoxy) is 2. The fourth-order valence-electron chi connectivity index (χ4n) is 3.08. The minimum absolute atomic E-state index is 0.260. The van der Waals surface area contributed by atoms with E-state index < -0.39 is 6.09 Å². The van der Waals surface area contributed by atoms with E-state index >= 15 is 0 Å². The Morgan fingerprint density at radius 3 is 2.48 bits per heavy atom. The number of hydrogen-bond donors (Lipinski definition) is 1. The van der Waals surface area contributed by atoms with Crippen LogP contribution in [0.25, 0.3) is 0 Å². The van der Waals surface area contributed by atoms with Crippen LogP contribution >= 0.6 is 23.2 Å². The average molecular weight is 409 g/mol. The van der Waals surface area contributed by atoms with Crippen molar-refractivity contribution < 1.29 is 14.3 Å². The van der Waals surface area contributed by atoms with E-state index in [1.165, 1.54) is 16.0 Å². The van der Waals surface area contributed by atoms with Crippen LogP contribution in [0.15, 0.2) is 30.3 Å². The Balaban J connectivity index is 1.88. The zero-order valence-corrected chi connectivity index (χ0v) is 17.0. The molecule has 5 nitrogen and oxygen atoms in total. The second-order valence-electron chi connectivity index (χ2n) is 6.87. The third kappa shape index (κ3) is 4.15. The number of hydrogen-bond acceptors (Lipinski definition) is 4. The van der Waals surface area contributed by atoms with Crippen LogP contribution in [-0.4, -0.2) is 25.3 Å². The van der Waals surface area contributed by atoms with E-state index in [1.54, 1.807) is 12.1 Å². The highest BCUT2D eigenvalue weighted by Crippen LogP contribution is 2.41. The lowest BCUT2D eigenvalue weighted by Gasteiger charge is -2.17. The lowest BCUT2D eigenvalue weighted by atomic mass is 9.98. The Kier molecular flexibility index (Phi) is 5.84. The Bertz CT molecular complexity index is 847. The third-order valence-corrected chi connectivity index (χ3v) is 5.09. The van der Waals surface area contributed by atoms with Gasteiger partial charge < -0.3 is 15.2 Å². The second-order valence-corrected chi connectivity index (χ2v) is 7.68. The highest BCUT2D eigenvalue weighted by Gasteiger charge is 2.32. The van der Waals surface area contributed by atoms with Gasteiger partial charge in [-0.15, -0.1) is 0 Å². The molecule has 2 aromatic rings. The van der Waals surface area contributed by atoms with Crippen LogP contribution in [-0.2, 0) is 4.74 Å². The van der Waals surface area contributed by atoms with Gasteiger partial charge in [0.15, 0.2) is 5.75 Å². The molecule has 3 rings (SSSR count). The van der Waals surface area contributed by atoms with Gasteiger partial charge in [0.05, 0.1) is 22.3 Å². The fraction of sp³-hybridized carbons (Fsp3) is 0.350. The first kappa shape index (κ1) is 19.8. The van der Waals surface area contributed by atoms with Crippen LogP contribution in [0.2, 0.25) is 10.0 Å². The Labute approximate surface area is 168 Å². The monoisotopic (exact) mass is 408 g/mol. The van der Waals surface area contributed by atoms with E-state index in [2.05, 4.69) is 20.8 Å². The maximum absolute atomic E-state index is 12.0. The molecule has 0 aromatic heterocycles. The second kappa shape index (κ2) is 7.97. The molecular weight excluding hydrogens is 387 g/mol. The molecule has 2 aromatic carbocycles. The van der Waals surface area contributed by atoms with E-state index in [0.29, 0.717) is 39.7 Å². The molecule has 0 aliphatic carbocycles. The molecule has 0 spiro atoms. The molecular formula is C20H22Cl2N2O3. The highest BCUT2D eigenvalue weighted by molar-refractivity contribution is 6.37. The van der Waals surface area contributed by atoms with Gasteiger partial charge in [0, 0.05) is 6.54 Å². The van der Waals surface area contributed by atoms with Gasteiger partial charge >= 0.3 is 6.09 Å². The molecule has 0 bridgehead atoms. The van der Waals surface area contributed by atoms with Gasteiger partial charge in [-0.2, -0.15) is 0 Å². The molecule has 0 radical (unpaired) electrons.